The highest BCUT2D eigenvalue weighted by Crippen LogP contribution is 2.42. The Morgan fingerprint density at radius 3 is 2.48 bits per heavy atom. The molecule has 1 amide bonds. The maximum atomic E-state index is 12.8. The van der Waals surface area contributed by atoms with E-state index in [0.717, 1.165) is 58.5 Å². The quantitative estimate of drug-likeness (QED) is 0.847. The van der Waals surface area contributed by atoms with Gasteiger partial charge in [-0.1, -0.05) is 30.3 Å². The summed E-state index contributed by atoms with van der Waals surface area (Å²) in [5.41, 5.74) is 1.40. The molecule has 4 heteroatoms. The molecule has 1 saturated carbocycles. The zero-order valence-electron chi connectivity index (χ0n) is 15.3. The van der Waals surface area contributed by atoms with Gasteiger partial charge in [-0.25, -0.2) is 0 Å². The van der Waals surface area contributed by atoms with Crippen molar-refractivity contribution >= 4 is 5.91 Å². The van der Waals surface area contributed by atoms with Crippen LogP contribution in [0.3, 0.4) is 0 Å². The van der Waals surface area contributed by atoms with E-state index in [1.165, 1.54) is 5.56 Å². The fourth-order valence-electron chi connectivity index (χ4n) is 4.70. The fourth-order valence-corrected chi connectivity index (χ4v) is 4.70. The van der Waals surface area contributed by atoms with Gasteiger partial charge in [-0.2, -0.15) is 0 Å². The molecule has 0 N–H and O–H groups in total. The second-order valence-corrected chi connectivity index (χ2v) is 8.01. The first kappa shape index (κ1) is 17.0. The van der Waals surface area contributed by atoms with Crippen molar-refractivity contribution in [2.45, 2.75) is 50.7 Å². The number of amides is 1. The smallest absolute Gasteiger partial charge is 0.225 e. The number of likely N-dealkylation sites (tertiary alicyclic amines) is 1. The molecular formula is C21H30N2O2. The normalized spacial score (nSPS) is 31.6. The van der Waals surface area contributed by atoms with Crippen molar-refractivity contribution in [2.75, 3.05) is 32.8 Å². The summed E-state index contributed by atoms with van der Waals surface area (Å²) < 4.78 is 5.65. The minimum absolute atomic E-state index is 0.255. The van der Waals surface area contributed by atoms with Crippen LogP contribution in [0.2, 0.25) is 0 Å². The second kappa shape index (κ2) is 7.46. The molecule has 1 aliphatic carbocycles. The van der Waals surface area contributed by atoms with Crippen LogP contribution in [0.25, 0.3) is 0 Å². The number of hydrogen-bond donors (Lipinski definition) is 0. The molecule has 2 saturated heterocycles. The van der Waals surface area contributed by atoms with Crippen LogP contribution >= 0.6 is 0 Å². The summed E-state index contributed by atoms with van der Waals surface area (Å²) in [6, 6.07) is 11.3. The van der Waals surface area contributed by atoms with Crippen LogP contribution < -0.4 is 0 Å². The van der Waals surface area contributed by atoms with Gasteiger partial charge in [-0.05, 0) is 44.1 Å². The van der Waals surface area contributed by atoms with Crippen LogP contribution in [0.5, 0.6) is 0 Å². The Labute approximate surface area is 151 Å². The summed E-state index contributed by atoms with van der Waals surface area (Å²) in [7, 11) is 0. The molecule has 1 atom stereocenters. The van der Waals surface area contributed by atoms with Crippen molar-refractivity contribution in [1.82, 2.24) is 9.80 Å². The lowest BCUT2D eigenvalue weighted by Gasteiger charge is -2.44. The number of hydrogen-bond acceptors (Lipinski definition) is 3. The van der Waals surface area contributed by atoms with Crippen LogP contribution in [-0.4, -0.2) is 60.6 Å². The molecule has 136 valence electrons. The van der Waals surface area contributed by atoms with Crippen LogP contribution in [0.4, 0.5) is 0 Å². The third kappa shape index (κ3) is 3.75. The number of nitrogens with zero attached hydrogens (tertiary/aromatic N) is 2. The topological polar surface area (TPSA) is 32.8 Å². The van der Waals surface area contributed by atoms with E-state index >= 15 is 0 Å². The van der Waals surface area contributed by atoms with E-state index in [1.807, 2.05) is 0 Å². The summed E-state index contributed by atoms with van der Waals surface area (Å²) in [6.07, 6.45) is 4.65. The predicted octanol–water partition coefficient (Wildman–Crippen LogP) is 2.89. The minimum atomic E-state index is 0.255. The average Bonchev–Trinajstić information content (AvgIpc) is 2.61. The zero-order valence-corrected chi connectivity index (χ0v) is 15.3. The maximum absolute atomic E-state index is 12.8. The molecule has 1 aromatic carbocycles. The standard InChI is InChI=1S/C21H30N2O2/c1-16-15-23(11-12-25-16)20-7-9-22(10-8-20)21(24)19-13-18(14-19)17-5-3-2-4-6-17/h2-6,16,18-20H,7-15H2,1H3. The molecular weight excluding hydrogens is 312 g/mol. The molecule has 0 bridgehead atoms. The van der Waals surface area contributed by atoms with E-state index in [4.69, 9.17) is 4.74 Å². The minimum Gasteiger partial charge on any atom is -0.376 e. The van der Waals surface area contributed by atoms with Gasteiger partial charge in [0.15, 0.2) is 0 Å². The highest BCUT2D eigenvalue weighted by molar-refractivity contribution is 5.80. The van der Waals surface area contributed by atoms with Crippen molar-refractivity contribution in [3.8, 4) is 0 Å². The number of carbonyl (C=O) groups is 1. The molecule has 1 aromatic rings. The lowest BCUT2D eigenvalue weighted by atomic mass is 9.70. The molecule has 0 spiro atoms. The van der Waals surface area contributed by atoms with Crippen molar-refractivity contribution < 1.29 is 9.53 Å². The number of benzene rings is 1. The molecule has 0 radical (unpaired) electrons. The van der Waals surface area contributed by atoms with Gasteiger partial charge in [0.2, 0.25) is 5.91 Å². The first-order valence-electron chi connectivity index (χ1n) is 9.90. The van der Waals surface area contributed by atoms with Crippen LogP contribution in [0, 0.1) is 5.92 Å². The molecule has 1 unspecified atom stereocenters. The molecule has 3 aliphatic rings. The number of carbonyl (C=O) groups excluding carboxylic acids is 1. The summed E-state index contributed by atoms with van der Waals surface area (Å²) in [4.78, 5) is 17.5. The van der Waals surface area contributed by atoms with E-state index in [-0.39, 0.29) is 5.92 Å². The van der Waals surface area contributed by atoms with Gasteiger partial charge in [0.25, 0.3) is 0 Å². The van der Waals surface area contributed by atoms with E-state index in [9.17, 15) is 4.79 Å². The summed E-state index contributed by atoms with van der Waals surface area (Å²) in [5, 5.41) is 0. The molecule has 25 heavy (non-hydrogen) atoms. The summed E-state index contributed by atoms with van der Waals surface area (Å²) in [6.45, 7) is 6.96. The Balaban J connectivity index is 1.24. The summed E-state index contributed by atoms with van der Waals surface area (Å²) >= 11 is 0. The van der Waals surface area contributed by atoms with Gasteiger partial charge in [-0.15, -0.1) is 0 Å². The van der Waals surface area contributed by atoms with Crippen molar-refractivity contribution in [3.63, 3.8) is 0 Å². The maximum Gasteiger partial charge on any atom is 0.225 e. The van der Waals surface area contributed by atoms with Crippen LogP contribution in [0.1, 0.15) is 44.1 Å². The van der Waals surface area contributed by atoms with Gasteiger partial charge in [-0.3, -0.25) is 9.69 Å². The Morgan fingerprint density at radius 2 is 1.80 bits per heavy atom. The first-order valence-corrected chi connectivity index (χ1v) is 9.90. The lowest BCUT2D eigenvalue weighted by molar-refractivity contribution is -0.141. The molecule has 4 rings (SSSR count). The Bertz CT molecular complexity index is 577. The number of rotatable bonds is 3. The third-order valence-electron chi connectivity index (χ3n) is 6.32. The van der Waals surface area contributed by atoms with E-state index in [1.54, 1.807) is 0 Å². The highest BCUT2D eigenvalue weighted by Gasteiger charge is 2.39. The SMILES string of the molecule is CC1CN(C2CCN(C(=O)C3CC(c4ccccc4)C3)CC2)CCO1. The first-order chi connectivity index (χ1) is 12.2. The van der Waals surface area contributed by atoms with Crippen LogP contribution in [0.15, 0.2) is 30.3 Å². The molecule has 0 aromatic heterocycles. The molecule has 4 nitrogen and oxygen atoms in total. The summed E-state index contributed by atoms with van der Waals surface area (Å²) in [5.74, 6) is 1.24. The Hall–Kier alpha value is -1.39. The van der Waals surface area contributed by atoms with Crippen molar-refractivity contribution in [1.29, 1.82) is 0 Å². The Morgan fingerprint density at radius 1 is 1.08 bits per heavy atom. The molecule has 2 heterocycles. The van der Waals surface area contributed by atoms with Crippen molar-refractivity contribution in [2.24, 2.45) is 5.92 Å². The van der Waals surface area contributed by atoms with Crippen molar-refractivity contribution in [3.05, 3.63) is 35.9 Å². The number of morpholine rings is 1. The highest BCUT2D eigenvalue weighted by atomic mass is 16.5. The fraction of sp³-hybridized carbons (Fsp3) is 0.667. The van der Waals surface area contributed by atoms with E-state index < -0.39 is 0 Å². The number of piperidine rings is 1. The predicted molar refractivity (Wildman–Crippen MR) is 98.5 cm³/mol. The van der Waals surface area contributed by atoms with Crippen LogP contribution in [-0.2, 0) is 9.53 Å². The average molecular weight is 342 g/mol. The molecule has 2 aliphatic heterocycles. The molecule has 3 fully saturated rings. The van der Waals surface area contributed by atoms with Gasteiger partial charge >= 0.3 is 0 Å². The van der Waals surface area contributed by atoms with Gasteiger partial charge in [0, 0.05) is 38.1 Å². The van der Waals surface area contributed by atoms with E-state index in [0.29, 0.717) is 24.0 Å². The van der Waals surface area contributed by atoms with Gasteiger partial charge in [0.05, 0.1) is 12.7 Å². The number of ether oxygens (including phenoxy) is 1. The zero-order chi connectivity index (χ0) is 17.2. The third-order valence-corrected chi connectivity index (χ3v) is 6.32. The van der Waals surface area contributed by atoms with Gasteiger partial charge < -0.3 is 9.64 Å². The second-order valence-electron chi connectivity index (χ2n) is 8.01. The van der Waals surface area contributed by atoms with E-state index in [2.05, 4.69) is 47.1 Å². The largest absolute Gasteiger partial charge is 0.376 e. The lowest BCUT2D eigenvalue weighted by Crippen LogP contribution is -2.53. The monoisotopic (exact) mass is 342 g/mol. The Kier molecular flexibility index (Phi) is 5.09. The van der Waals surface area contributed by atoms with Gasteiger partial charge in [0.1, 0.15) is 0 Å².